The van der Waals surface area contributed by atoms with E-state index in [0.717, 1.165) is 12.8 Å². The Morgan fingerprint density at radius 1 is 1.57 bits per heavy atom. The molecule has 4 N–H and O–H groups in total. The fourth-order valence-electron chi connectivity index (χ4n) is 1.14. The van der Waals surface area contributed by atoms with E-state index >= 15 is 0 Å². The van der Waals surface area contributed by atoms with Gasteiger partial charge in [-0.1, -0.05) is 13.8 Å². The molecule has 0 aromatic carbocycles. The van der Waals surface area contributed by atoms with Crippen LogP contribution in [0.1, 0.15) is 33.6 Å². The molecule has 1 aliphatic rings. The number of amides is 2. The number of hydrogen-bond donors (Lipinski definition) is 3. The average Bonchev–Trinajstić information content (AvgIpc) is 2.87. The van der Waals surface area contributed by atoms with Crippen LogP contribution in [0.2, 0.25) is 0 Å². The molecule has 4 nitrogen and oxygen atoms in total. The van der Waals surface area contributed by atoms with Gasteiger partial charge >= 0.3 is 6.03 Å². The van der Waals surface area contributed by atoms with Crippen LogP contribution in [-0.4, -0.2) is 24.2 Å². The largest absolute Gasteiger partial charge is 0.335 e. The number of nitrogens with two attached hydrogens (primary N) is 1. The van der Waals surface area contributed by atoms with Crippen LogP contribution in [-0.2, 0) is 0 Å². The van der Waals surface area contributed by atoms with Crippen molar-refractivity contribution in [3.63, 3.8) is 0 Å². The summed E-state index contributed by atoms with van der Waals surface area (Å²) in [6, 6.07) is 0.304. The molecule has 0 aliphatic heterocycles. The maximum Gasteiger partial charge on any atom is 0.315 e. The highest BCUT2D eigenvalue weighted by molar-refractivity contribution is 5.75. The summed E-state index contributed by atoms with van der Waals surface area (Å²) in [6.45, 7) is 6.56. The molecule has 0 spiro atoms. The summed E-state index contributed by atoms with van der Waals surface area (Å²) in [6.07, 6.45) is 2.21. The third-order valence-electron chi connectivity index (χ3n) is 3.01. The van der Waals surface area contributed by atoms with Crippen LogP contribution in [0.3, 0.4) is 0 Å². The second kappa shape index (κ2) is 4.17. The predicted molar refractivity (Wildman–Crippen MR) is 57.0 cm³/mol. The van der Waals surface area contributed by atoms with Crippen molar-refractivity contribution in [2.45, 2.75) is 45.2 Å². The van der Waals surface area contributed by atoms with Crippen molar-refractivity contribution in [3.05, 3.63) is 0 Å². The van der Waals surface area contributed by atoms with Crippen molar-refractivity contribution in [2.75, 3.05) is 6.54 Å². The maximum atomic E-state index is 11.5. The third-order valence-corrected chi connectivity index (χ3v) is 3.01. The smallest absolute Gasteiger partial charge is 0.315 e. The van der Waals surface area contributed by atoms with Crippen LogP contribution in [0, 0.1) is 5.92 Å². The van der Waals surface area contributed by atoms with Gasteiger partial charge in [-0.05, 0) is 25.7 Å². The first-order chi connectivity index (χ1) is 6.48. The fourth-order valence-corrected chi connectivity index (χ4v) is 1.14. The van der Waals surface area contributed by atoms with Gasteiger partial charge in [-0.2, -0.15) is 0 Å². The lowest BCUT2D eigenvalue weighted by Crippen LogP contribution is -2.57. The van der Waals surface area contributed by atoms with E-state index in [2.05, 4.69) is 24.5 Å². The van der Waals surface area contributed by atoms with Gasteiger partial charge in [0.25, 0.3) is 0 Å². The van der Waals surface area contributed by atoms with E-state index in [1.807, 2.05) is 6.92 Å². The van der Waals surface area contributed by atoms with Crippen LogP contribution in [0.5, 0.6) is 0 Å². The fraction of sp³-hybridized carbons (Fsp3) is 0.900. The van der Waals surface area contributed by atoms with E-state index < -0.39 is 0 Å². The van der Waals surface area contributed by atoms with Gasteiger partial charge in [0.1, 0.15) is 0 Å². The van der Waals surface area contributed by atoms with Gasteiger partial charge in [-0.25, -0.2) is 4.79 Å². The highest BCUT2D eigenvalue weighted by Gasteiger charge is 2.30. The van der Waals surface area contributed by atoms with Gasteiger partial charge in [-0.3, -0.25) is 0 Å². The SMILES string of the molecule is CC(C)C(C)(CN)NC(=O)NC1CC1. The molecule has 0 radical (unpaired) electrons. The normalized spacial score (nSPS) is 20.4. The summed E-state index contributed by atoms with van der Waals surface area (Å²) >= 11 is 0. The van der Waals surface area contributed by atoms with Crippen LogP contribution >= 0.6 is 0 Å². The lowest BCUT2D eigenvalue weighted by molar-refractivity contribution is 0.213. The first-order valence-corrected chi connectivity index (χ1v) is 5.26. The van der Waals surface area contributed by atoms with E-state index in [9.17, 15) is 4.79 Å². The summed E-state index contributed by atoms with van der Waals surface area (Å²) in [4.78, 5) is 11.5. The van der Waals surface area contributed by atoms with Crippen molar-refractivity contribution in [2.24, 2.45) is 11.7 Å². The summed E-state index contributed by atoms with van der Waals surface area (Å²) in [5.74, 6) is 0.331. The molecule has 1 aliphatic carbocycles. The average molecular weight is 199 g/mol. The number of nitrogens with one attached hydrogen (secondary N) is 2. The van der Waals surface area contributed by atoms with Gasteiger partial charge in [0, 0.05) is 12.6 Å². The first-order valence-electron chi connectivity index (χ1n) is 5.26. The number of rotatable bonds is 4. The minimum Gasteiger partial charge on any atom is -0.335 e. The Kier molecular flexibility index (Phi) is 3.37. The molecular formula is C10H21N3O. The summed E-state index contributed by atoms with van der Waals surface area (Å²) in [7, 11) is 0. The molecule has 0 saturated heterocycles. The van der Waals surface area contributed by atoms with Gasteiger partial charge in [0.2, 0.25) is 0 Å². The monoisotopic (exact) mass is 199 g/mol. The number of hydrogen-bond acceptors (Lipinski definition) is 2. The Bertz CT molecular complexity index is 213. The Labute approximate surface area is 85.6 Å². The van der Waals surface area contributed by atoms with Crippen molar-refractivity contribution in [1.82, 2.24) is 10.6 Å². The van der Waals surface area contributed by atoms with Gasteiger partial charge in [0.05, 0.1) is 5.54 Å². The molecule has 2 amide bonds. The quantitative estimate of drug-likeness (QED) is 0.627. The van der Waals surface area contributed by atoms with Crippen LogP contribution in [0.4, 0.5) is 4.79 Å². The molecule has 14 heavy (non-hydrogen) atoms. The molecule has 4 heteroatoms. The molecule has 1 rings (SSSR count). The Hall–Kier alpha value is -0.770. The van der Waals surface area contributed by atoms with Gasteiger partial charge < -0.3 is 16.4 Å². The van der Waals surface area contributed by atoms with Crippen LogP contribution in [0.25, 0.3) is 0 Å². The third kappa shape index (κ3) is 2.87. The van der Waals surface area contributed by atoms with E-state index in [1.54, 1.807) is 0 Å². The molecule has 1 fully saturated rings. The lowest BCUT2D eigenvalue weighted by Gasteiger charge is -2.33. The zero-order valence-electron chi connectivity index (χ0n) is 9.26. The molecule has 0 bridgehead atoms. The number of urea groups is 1. The first kappa shape index (κ1) is 11.3. The number of carbonyl (C=O) groups excluding carboxylic acids is 1. The zero-order valence-corrected chi connectivity index (χ0v) is 9.26. The highest BCUT2D eigenvalue weighted by atomic mass is 16.2. The van der Waals surface area contributed by atoms with Crippen LogP contribution in [0.15, 0.2) is 0 Å². The maximum absolute atomic E-state index is 11.5. The topological polar surface area (TPSA) is 67.1 Å². The van der Waals surface area contributed by atoms with Crippen molar-refractivity contribution < 1.29 is 4.79 Å². The standard InChI is InChI=1S/C10H21N3O/c1-7(2)10(3,6-11)13-9(14)12-8-4-5-8/h7-8H,4-6,11H2,1-3H3,(H2,12,13,14). The lowest BCUT2D eigenvalue weighted by atomic mass is 9.89. The van der Waals surface area contributed by atoms with E-state index in [4.69, 9.17) is 5.73 Å². The molecular weight excluding hydrogens is 178 g/mol. The van der Waals surface area contributed by atoms with E-state index in [-0.39, 0.29) is 11.6 Å². The van der Waals surface area contributed by atoms with Gasteiger partial charge in [-0.15, -0.1) is 0 Å². The molecule has 1 unspecified atom stereocenters. The second-order valence-corrected chi connectivity index (χ2v) is 4.65. The summed E-state index contributed by atoms with van der Waals surface area (Å²) < 4.78 is 0. The Morgan fingerprint density at radius 3 is 2.50 bits per heavy atom. The molecule has 0 aromatic rings. The molecule has 0 aromatic heterocycles. The van der Waals surface area contributed by atoms with Crippen molar-refractivity contribution >= 4 is 6.03 Å². The van der Waals surface area contributed by atoms with E-state index in [0.29, 0.717) is 18.5 Å². The molecule has 1 atom stereocenters. The van der Waals surface area contributed by atoms with Crippen molar-refractivity contribution in [1.29, 1.82) is 0 Å². The highest BCUT2D eigenvalue weighted by Crippen LogP contribution is 2.19. The second-order valence-electron chi connectivity index (χ2n) is 4.65. The Balaban J connectivity index is 2.41. The minimum atomic E-state index is -0.307. The molecule has 1 saturated carbocycles. The molecule has 0 heterocycles. The predicted octanol–water partition coefficient (Wildman–Crippen LogP) is 0.821. The molecule has 82 valence electrons. The van der Waals surface area contributed by atoms with E-state index in [1.165, 1.54) is 0 Å². The summed E-state index contributed by atoms with van der Waals surface area (Å²) in [5.41, 5.74) is 5.35. The summed E-state index contributed by atoms with van der Waals surface area (Å²) in [5, 5.41) is 5.83. The van der Waals surface area contributed by atoms with Crippen molar-refractivity contribution in [3.8, 4) is 0 Å². The number of carbonyl (C=O) groups is 1. The van der Waals surface area contributed by atoms with Gasteiger partial charge in [0.15, 0.2) is 0 Å². The Morgan fingerprint density at radius 2 is 2.14 bits per heavy atom. The van der Waals surface area contributed by atoms with Crippen LogP contribution < -0.4 is 16.4 Å². The zero-order chi connectivity index (χ0) is 10.8. The minimum absolute atomic E-state index is 0.0887.